The van der Waals surface area contributed by atoms with Crippen LogP contribution < -0.4 is 32.4 Å². The number of anilines is 1. The molecule has 5 heterocycles. The van der Waals surface area contributed by atoms with E-state index in [0.29, 0.717) is 24.8 Å². The summed E-state index contributed by atoms with van der Waals surface area (Å²) in [6.07, 6.45) is -0.958. The van der Waals surface area contributed by atoms with Gasteiger partial charge in [-0.25, -0.2) is 14.6 Å². The first-order valence-electron chi connectivity index (χ1n) is 31.0. The number of carbonyl (C=O) groups is 12. The average molecular weight is 1270 g/mol. The number of nitrogen functional groups attached to an aromatic ring is 1. The number of aromatic nitrogens is 1. The molecule has 0 saturated carbocycles. The number of amides is 10. The van der Waals surface area contributed by atoms with E-state index in [9.17, 15) is 52.7 Å². The van der Waals surface area contributed by atoms with E-state index in [1.165, 1.54) is 80.7 Å². The molecule has 5 aliphatic heterocycles. The summed E-state index contributed by atoms with van der Waals surface area (Å²) >= 11 is 0. The highest BCUT2D eigenvalue weighted by molar-refractivity contribution is 6.10. The van der Waals surface area contributed by atoms with E-state index >= 15 is 9.59 Å². The zero-order chi connectivity index (χ0) is 67.7. The van der Waals surface area contributed by atoms with Gasteiger partial charge in [0.05, 0.1) is 29.9 Å². The first-order chi connectivity index (χ1) is 42.6. The third-order valence-electron chi connectivity index (χ3n) is 17.8. The smallest absolute Gasteiger partial charge is 0.329 e. The van der Waals surface area contributed by atoms with E-state index in [0.717, 1.165) is 9.80 Å². The Morgan fingerprint density at radius 2 is 1.04 bits per heavy atom. The monoisotopic (exact) mass is 1270 g/mol. The number of hydrogen-bond donors (Lipinski definition) is 5. The third kappa shape index (κ3) is 14.3. The van der Waals surface area contributed by atoms with Gasteiger partial charge in [-0.05, 0) is 95.1 Å². The molecule has 4 saturated heterocycles. The Morgan fingerprint density at radius 3 is 1.49 bits per heavy atom. The number of likely N-dealkylation sites (N-methyl/N-ethyl adjacent to an activating group) is 4. The molecule has 10 amide bonds. The van der Waals surface area contributed by atoms with Gasteiger partial charge in [-0.3, -0.25) is 52.7 Å². The minimum absolute atomic E-state index is 0.0757. The van der Waals surface area contributed by atoms with Gasteiger partial charge in [0.2, 0.25) is 52.7 Å². The number of aryl methyl sites for hydroxylation is 1. The molecule has 1 aromatic rings. The number of nitrogens with one attached hydrogen (secondary N) is 4. The maximum absolute atomic E-state index is 15.2. The molecule has 28 nitrogen and oxygen atoms in total. The highest BCUT2D eigenvalue weighted by atomic mass is 16.6. The molecule has 4 unspecified atom stereocenters. The van der Waals surface area contributed by atoms with Crippen molar-refractivity contribution in [1.29, 1.82) is 0 Å². The molecule has 0 radical (unpaired) electrons. The molecule has 496 valence electrons. The average Bonchev–Trinajstić information content (AvgIpc) is 1.13. The number of benzene rings is 2. The molecule has 6 aliphatic rings. The summed E-state index contributed by atoms with van der Waals surface area (Å²) in [6, 6.07) is -7.92. The molecule has 0 aromatic heterocycles. The van der Waals surface area contributed by atoms with Crippen LogP contribution in [0.15, 0.2) is 21.3 Å². The molecule has 10 atom stereocenters. The summed E-state index contributed by atoms with van der Waals surface area (Å²) in [6.45, 7) is 18.4. The van der Waals surface area contributed by atoms with Crippen molar-refractivity contribution in [2.24, 2.45) is 23.7 Å². The van der Waals surface area contributed by atoms with E-state index < -0.39 is 191 Å². The van der Waals surface area contributed by atoms with Crippen LogP contribution in [-0.4, -0.2) is 220 Å². The lowest BCUT2D eigenvalue weighted by atomic mass is 9.95. The Morgan fingerprint density at radius 1 is 0.604 bits per heavy atom. The van der Waals surface area contributed by atoms with Gasteiger partial charge in [0.25, 0.3) is 11.8 Å². The minimum Gasteiger partial charge on any atom is -0.458 e. The van der Waals surface area contributed by atoms with Crippen molar-refractivity contribution in [3.8, 4) is 11.5 Å². The van der Waals surface area contributed by atoms with Crippen LogP contribution in [-0.2, 0) is 57.4 Å². The van der Waals surface area contributed by atoms with Crippen molar-refractivity contribution in [3.05, 3.63) is 44.6 Å². The number of hydrogen-bond acceptors (Lipinski definition) is 18. The normalized spacial score (nSPS) is 26.2. The van der Waals surface area contributed by atoms with Crippen LogP contribution in [0.2, 0.25) is 0 Å². The number of nitrogens with zero attached hydrogens (tertiary/aromatic N) is 7. The summed E-state index contributed by atoms with van der Waals surface area (Å²) in [7, 11) is 5.60. The quantitative estimate of drug-likeness (QED) is 0.120. The molecular formula is C63H88N12O16. The molecule has 28 heteroatoms. The second-order valence-corrected chi connectivity index (χ2v) is 25.9. The first kappa shape index (κ1) is 69.7. The fraction of sp³-hybridized carbons (Fsp3) is 0.619. The second kappa shape index (κ2) is 28.2. The number of esters is 2. The van der Waals surface area contributed by atoms with Gasteiger partial charge in [-0.2, -0.15) is 0 Å². The van der Waals surface area contributed by atoms with Crippen molar-refractivity contribution in [2.75, 3.05) is 60.1 Å². The maximum Gasteiger partial charge on any atom is 0.329 e. The number of piperidine rings is 1. The lowest BCUT2D eigenvalue weighted by molar-refractivity contribution is -0.163. The fourth-order valence-corrected chi connectivity index (χ4v) is 12.4. The van der Waals surface area contributed by atoms with Crippen LogP contribution >= 0.6 is 0 Å². The van der Waals surface area contributed by atoms with Gasteiger partial charge in [0.15, 0.2) is 11.3 Å². The molecule has 91 heavy (non-hydrogen) atoms. The molecule has 7 rings (SSSR count). The first-order valence-corrected chi connectivity index (χ1v) is 31.0. The highest BCUT2D eigenvalue weighted by Crippen LogP contribution is 2.35. The topological polar surface area (TPSA) is 360 Å². The van der Waals surface area contributed by atoms with Crippen molar-refractivity contribution in [2.45, 2.75) is 176 Å². The fourth-order valence-electron chi connectivity index (χ4n) is 12.4. The van der Waals surface area contributed by atoms with Gasteiger partial charge in [-0.15, -0.1) is 0 Å². The largest absolute Gasteiger partial charge is 0.458 e. The van der Waals surface area contributed by atoms with Gasteiger partial charge in [0.1, 0.15) is 71.8 Å². The van der Waals surface area contributed by atoms with E-state index in [1.54, 1.807) is 62.3 Å². The number of cyclic esters (lactones) is 2. The SMILES string of the molecule is Cc1c2oc3c(C)ccc(C(=O)NC4C(=O)N[C@H](C(C)C)C(=O)N5CCC[C@H]5C(=O)N(C)CC(=O)N(C)[C@@H](C(C)C)C(=O)OC4C)c3nc-2c(C(=O)NC2C(=O)N[C@H](C(C)C)C(=O)N3CCCC[C@H]3C(=O)N(C)CC(=O)N(C)[C@@H](C(C)C)C(=O)OC2C)c(N)c1=O. The Hall–Kier alpha value is -8.72. The Labute approximate surface area is 528 Å². The van der Waals surface area contributed by atoms with E-state index in [4.69, 9.17) is 24.6 Å². The predicted molar refractivity (Wildman–Crippen MR) is 330 cm³/mol. The van der Waals surface area contributed by atoms with Crippen LogP contribution in [0.4, 0.5) is 5.69 Å². The Balaban J connectivity index is 1.32. The molecule has 1 aromatic carbocycles. The molecule has 6 N–H and O–H groups in total. The summed E-state index contributed by atoms with van der Waals surface area (Å²) in [5.74, 6) is -12.3. The third-order valence-corrected chi connectivity index (χ3v) is 17.8. The highest BCUT2D eigenvalue weighted by Gasteiger charge is 2.46. The van der Waals surface area contributed by atoms with Gasteiger partial charge < -0.3 is 70.3 Å². The number of rotatable bonds is 8. The zero-order valence-electron chi connectivity index (χ0n) is 54.8. The number of nitrogens with two attached hydrogens (primary N) is 1. The van der Waals surface area contributed by atoms with Gasteiger partial charge >= 0.3 is 11.9 Å². The van der Waals surface area contributed by atoms with E-state index in [2.05, 4.69) is 21.3 Å². The summed E-state index contributed by atoms with van der Waals surface area (Å²) in [5, 5.41) is 10.7. The summed E-state index contributed by atoms with van der Waals surface area (Å²) in [5.41, 5.74) is 3.59. The van der Waals surface area contributed by atoms with Crippen molar-refractivity contribution < 1.29 is 71.4 Å². The van der Waals surface area contributed by atoms with Crippen molar-refractivity contribution in [1.82, 2.24) is 55.7 Å². The van der Waals surface area contributed by atoms with Crippen molar-refractivity contribution >= 4 is 87.8 Å². The molecule has 0 spiro atoms. The number of fused-ring (bicyclic) bond motifs is 4. The zero-order valence-corrected chi connectivity index (χ0v) is 54.8. The number of ether oxygens (including phenoxy) is 2. The Kier molecular flexibility index (Phi) is 21.6. The van der Waals surface area contributed by atoms with E-state index in [1.807, 2.05) is 0 Å². The summed E-state index contributed by atoms with van der Waals surface area (Å²) < 4.78 is 18.3. The van der Waals surface area contributed by atoms with Gasteiger partial charge in [0, 0.05) is 46.8 Å². The summed E-state index contributed by atoms with van der Waals surface area (Å²) in [4.78, 5) is 200. The molecule has 0 bridgehead atoms. The standard InChI is InChI=1S/C63H88N12O16/c1-28(2)43-60(85)74-24-18-17-20-37(74)58(83)70(13)26-39(76)72(15)50(31(7)8)63(88)90-35(12)46(57(82)67-43)69-55(80)41-42(64)51(78)33(10)53-48(41)65-47-36(23-22-32(9)52(47)91-53)54(79)68-45-34(11)89-62(87)49(30(5)6)73(16)40(77)27-71(14)59(84)38-21-19-25-75(38)61(86)44(29(3)4)66-56(45)81/h22-23,28-31,34-35,37-38,43-46,49-50H,17-21,24-27,64H2,1-16H3,(H,66,81)(H,67,82)(H,68,79)(H,69,80)/t34?,35?,37-,38-,43+,44+,45?,46?,49-,50-/m0/s1. The lowest BCUT2D eigenvalue weighted by Gasteiger charge is -2.40. The number of carbonyl (C=O) groups excluding carboxylic acids is 12. The van der Waals surface area contributed by atoms with Crippen LogP contribution in [0.1, 0.15) is 133 Å². The predicted octanol–water partition coefficient (Wildman–Crippen LogP) is 1.12. The minimum atomic E-state index is -1.89. The Bertz CT molecular complexity index is 3440. The maximum atomic E-state index is 15.2. The van der Waals surface area contributed by atoms with E-state index in [-0.39, 0.29) is 53.9 Å². The molecule has 1 aliphatic carbocycles. The van der Waals surface area contributed by atoms with Crippen LogP contribution in [0, 0.1) is 37.5 Å². The van der Waals surface area contributed by atoms with Crippen LogP contribution in [0.25, 0.3) is 22.6 Å². The molecular weight excluding hydrogens is 1180 g/mol. The van der Waals surface area contributed by atoms with Gasteiger partial charge in [-0.1, -0.05) is 61.5 Å². The lowest BCUT2D eigenvalue weighted by Crippen LogP contribution is -2.63. The van der Waals surface area contributed by atoms with Crippen molar-refractivity contribution in [3.63, 3.8) is 0 Å². The molecule has 4 fully saturated rings. The van der Waals surface area contributed by atoms with Crippen LogP contribution in [0.3, 0.4) is 0 Å². The van der Waals surface area contributed by atoms with Crippen LogP contribution in [0.5, 0.6) is 0 Å². The second-order valence-electron chi connectivity index (χ2n) is 25.9.